The lowest BCUT2D eigenvalue weighted by Crippen LogP contribution is -2.44. The molecule has 2 atom stereocenters. The van der Waals surface area contributed by atoms with Crippen LogP contribution in [0.4, 0.5) is 0 Å². The molecule has 0 radical (unpaired) electrons. The third kappa shape index (κ3) is 4.85. The van der Waals surface area contributed by atoms with Gasteiger partial charge in [0.25, 0.3) is 5.56 Å². The van der Waals surface area contributed by atoms with Crippen LogP contribution in [-0.4, -0.2) is 33.2 Å². The summed E-state index contributed by atoms with van der Waals surface area (Å²) in [6.07, 6.45) is 7.26. The van der Waals surface area contributed by atoms with Crippen molar-refractivity contribution in [2.24, 2.45) is 0 Å². The van der Waals surface area contributed by atoms with Gasteiger partial charge in [-0.1, -0.05) is 43.2 Å². The van der Waals surface area contributed by atoms with Crippen molar-refractivity contribution in [3.05, 3.63) is 65.0 Å². The maximum absolute atomic E-state index is 13.4. The third-order valence-electron chi connectivity index (χ3n) is 6.83. The van der Waals surface area contributed by atoms with E-state index in [1.165, 1.54) is 25.7 Å². The molecule has 4 rings (SSSR count). The standard InChI is InChI=1S/C27H34N2O2/c1-20-10-8-11-21(2)28(20)16-6-3-7-17-29-26-15-5-4-12-23(26)19-25(27(29)31)22-13-9-14-24(30)18-22/h4-5,9,12-15,18-21,30H,3,6-8,10-11,16-17H2,1-2H3/t20-,21+. The number of likely N-dealkylation sites (tertiary alicyclic amines) is 1. The Labute approximate surface area is 185 Å². The molecule has 31 heavy (non-hydrogen) atoms. The summed E-state index contributed by atoms with van der Waals surface area (Å²) in [6, 6.07) is 18.4. The summed E-state index contributed by atoms with van der Waals surface area (Å²) in [5.41, 5.74) is 2.40. The first kappa shape index (κ1) is 21.6. The number of benzene rings is 2. The highest BCUT2D eigenvalue weighted by molar-refractivity contribution is 5.84. The van der Waals surface area contributed by atoms with Crippen LogP contribution in [0.2, 0.25) is 0 Å². The predicted molar refractivity (Wildman–Crippen MR) is 129 cm³/mol. The molecule has 4 heteroatoms. The second-order valence-corrected chi connectivity index (χ2v) is 9.05. The molecule has 1 aliphatic heterocycles. The molecule has 1 saturated heterocycles. The highest BCUT2D eigenvalue weighted by atomic mass is 16.3. The molecule has 1 aliphatic rings. The van der Waals surface area contributed by atoms with Crippen LogP contribution >= 0.6 is 0 Å². The average molecular weight is 419 g/mol. The minimum Gasteiger partial charge on any atom is -0.508 e. The lowest BCUT2D eigenvalue weighted by molar-refractivity contribution is 0.101. The quantitative estimate of drug-likeness (QED) is 0.493. The lowest BCUT2D eigenvalue weighted by Gasteiger charge is -2.39. The van der Waals surface area contributed by atoms with Crippen molar-refractivity contribution < 1.29 is 5.11 Å². The van der Waals surface area contributed by atoms with Crippen LogP contribution in [0.5, 0.6) is 5.75 Å². The number of unbranched alkanes of at least 4 members (excludes halogenated alkanes) is 2. The van der Waals surface area contributed by atoms with E-state index >= 15 is 0 Å². The van der Waals surface area contributed by atoms with Gasteiger partial charge in [0.05, 0.1) is 5.52 Å². The first-order valence-electron chi connectivity index (χ1n) is 11.7. The van der Waals surface area contributed by atoms with E-state index in [9.17, 15) is 9.90 Å². The summed E-state index contributed by atoms with van der Waals surface area (Å²) >= 11 is 0. The molecule has 3 aromatic rings. The van der Waals surface area contributed by atoms with E-state index in [0.717, 1.165) is 42.4 Å². The van der Waals surface area contributed by atoms with Crippen LogP contribution in [0.3, 0.4) is 0 Å². The molecule has 164 valence electrons. The van der Waals surface area contributed by atoms with Crippen molar-refractivity contribution in [2.75, 3.05) is 6.54 Å². The van der Waals surface area contributed by atoms with Crippen LogP contribution in [0.15, 0.2) is 59.4 Å². The van der Waals surface area contributed by atoms with Crippen LogP contribution in [0.1, 0.15) is 52.4 Å². The van der Waals surface area contributed by atoms with Crippen LogP contribution in [-0.2, 0) is 6.54 Å². The molecule has 2 heterocycles. The molecule has 2 aromatic carbocycles. The summed E-state index contributed by atoms with van der Waals surface area (Å²) in [5.74, 6) is 0.178. The summed E-state index contributed by atoms with van der Waals surface area (Å²) in [7, 11) is 0. The minimum atomic E-state index is 0.0163. The Morgan fingerprint density at radius 3 is 2.42 bits per heavy atom. The molecular formula is C27H34N2O2. The van der Waals surface area contributed by atoms with E-state index < -0.39 is 0 Å². The molecule has 0 amide bonds. The van der Waals surface area contributed by atoms with Gasteiger partial charge in [-0.15, -0.1) is 0 Å². The number of nitrogens with zero attached hydrogens (tertiary/aromatic N) is 2. The number of hydrogen-bond donors (Lipinski definition) is 1. The molecule has 0 saturated carbocycles. The zero-order valence-corrected chi connectivity index (χ0v) is 18.8. The monoisotopic (exact) mass is 418 g/mol. The second kappa shape index (κ2) is 9.69. The van der Waals surface area contributed by atoms with Gasteiger partial charge in [-0.3, -0.25) is 9.69 Å². The van der Waals surface area contributed by atoms with E-state index in [2.05, 4.69) is 24.8 Å². The first-order chi connectivity index (χ1) is 15.0. The molecule has 4 nitrogen and oxygen atoms in total. The predicted octanol–water partition coefficient (Wildman–Crippen LogP) is 5.81. The van der Waals surface area contributed by atoms with E-state index in [1.807, 2.05) is 34.9 Å². The lowest BCUT2D eigenvalue weighted by atomic mass is 9.97. The van der Waals surface area contributed by atoms with Gasteiger partial charge in [0.2, 0.25) is 0 Å². The fraction of sp³-hybridized carbons (Fsp3) is 0.444. The molecule has 1 aromatic heterocycles. The van der Waals surface area contributed by atoms with Gasteiger partial charge >= 0.3 is 0 Å². The third-order valence-corrected chi connectivity index (χ3v) is 6.83. The van der Waals surface area contributed by atoms with Crippen LogP contribution < -0.4 is 5.56 Å². The van der Waals surface area contributed by atoms with E-state index in [1.54, 1.807) is 18.2 Å². The molecule has 0 unspecified atom stereocenters. The van der Waals surface area contributed by atoms with Crippen LogP contribution in [0.25, 0.3) is 22.0 Å². The van der Waals surface area contributed by atoms with Crippen LogP contribution in [0, 0.1) is 0 Å². The normalized spacial score (nSPS) is 19.7. The maximum Gasteiger partial charge on any atom is 0.258 e. The number of fused-ring (bicyclic) bond motifs is 1. The number of pyridine rings is 1. The van der Waals surface area contributed by atoms with Gasteiger partial charge in [-0.05, 0) is 81.3 Å². The second-order valence-electron chi connectivity index (χ2n) is 9.05. The Bertz CT molecular complexity index is 1080. The number of hydrogen-bond acceptors (Lipinski definition) is 3. The zero-order chi connectivity index (χ0) is 21.8. The SMILES string of the molecule is C[C@@H]1CCC[C@H](C)N1CCCCCn1c(=O)c(-c2cccc(O)c2)cc2ccccc21. The molecular weight excluding hydrogens is 384 g/mol. The van der Waals surface area contributed by atoms with E-state index in [0.29, 0.717) is 17.6 Å². The van der Waals surface area contributed by atoms with Crippen molar-refractivity contribution in [2.45, 2.75) is 71.0 Å². The van der Waals surface area contributed by atoms with Crippen molar-refractivity contribution in [3.8, 4) is 16.9 Å². The Balaban J connectivity index is 1.49. The fourth-order valence-electron chi connectivity index (χ4n) is 5.09. The van der Waals surface area contributed by atoms with Gasteiger partial charge in [-0.2, -0.15) is 0 Å². The van der Waals surface area contributed by atoms with Crippen molar-refractivity contribution in [3.63, 3.8) is 0 Å². The van der Waals surface area contributed by atoms with Crippen molar-refractivity contribution >= 4 is 10.9 Å². The zero-order valence-electron chi connectivity index (χ0n) is 18.8. The summed E-state index contributed by atoms with van der Waals surface area (Å²) in [6.45, 7) is 6.58. The number of para-hydroxylation sites is 1. The number of phenols is 1. The number of aromatic nitrogens is 1. The van der Waals surface area contributed by atoms with Gasteiger partial charge in [0, 0.05) is 24.2 Å². The topological polar surface area (TPSA) is 45.5 Å². The highest BCUT2D eigenvalue weighted by Crippen LogP contribution is 2.25. The first-order valence-corrected chi connectivity index (χ1v) is 11.7. The number of rotatable bonds is 7. The molecule has 1 N–H and O–H groups in total. The van der Waals surface area contributed by atoms with Gasteiger partial charge < -0.3 is 9.67 Å². The van der Waals surface area contributed by atoms with Gasteiger partial charge in [-0.25, -0.2) is 0 Å². The Morgan fingerprint density at radius 2 is 1.65 bits per heavy atom. The summed E-state index contributed by atoms with van der Waals surface area (Å²) in [4.78, 5) is 16.0. The van der Waals surface area contributed by atoms with E-state index in [4.69, 9.17) is 0 Å². The number of aromatic hydroxyl groups is 1. The Kier molecular flexibility index (Phi) is 6.77. The minimum absolute atomic E-state index is 0.0163. The molecule has 0 bridgehead atoms. The van der Waals surface area contributed by atoms with E-state index in [-0.39, 0.29) is 11.3 Å². The Morgan fingerprint density at radius 1 is 0.903 bits per heavy atom. The largest absolute Gasteiger partial charge is 0.508 e. The molecule has 0 aliphatic carbocycles. The molecule has 1 fully saturated rings. The summed E-state index contributed by atoms with van der Waals surface area (Å²) < 4.78 is 1.92. The highest BCUT2D eigenvalue weighted by Gasteiger charge is 2.23. The number of piperidine rings is 1. The average Bonchev–Trinajstić information content (AvgIpc) is 2.76. The van der Waals surface area contributed by atoms with Crippen molar-refractivity contribution in [1.29, 1.82) is 0 Å². The number of phenolic OH excluding ortho intramolecular Hbond substituents is 1. The Hall–Kier alpha value is -2.59. The smallest absolute Gasteiger partial charge is 0.258 e. The van der Waals surface area contributed by atoms with Gasteiger partial charge in [0.15, 0.2) is 0 Å². The van der Waals surface area contributed by atoms with Gasteiger partial charge in [0.1, 0.15) is 5.75 Å². The summed E-state index contributed by atoms with van der Waals surface area (Å²) in [5, 5.41) is 10.9. The number of aryl methyl sites for hydroxylation is 1. The molecule has 0 spiro atoms. The van der Waals surface area contributed by atoms with Crippen molar-refractivity contribution in [1.82, 2.24) is 9.47 Å². The fourth-order valence-corrected chi connectivity index (χ4v) is 5.09. The maximum atomic E-state index is 13.4.